The number of nitrogens with one attached hydrogen (secondary N) is 1. The van der Waals surface area contributed by atoms with Crippen LogP contribution in [0.5, 0.6) is 11.5 Å². The van der Waals surface area contributed by atoms with Crippen LogP contribution in [-0.2, 0) is 9.59 Å². The first kappa shape index (κ1) is 17.5. The SMILES string of the molecule is CC(=O)c1ccc(N(CC(=O)Nc2ccc3c(c2)OCO3)C(C)=O)cc1. The number of carbonyl (C=O) groups is 3. The molecule has 7 heteroatoms. The first-order chi connectivity index (χ1) is 12.4. The standard InChI is InChI=1S/C19H18N2O5/c1-12(22)14-3-6-16(7-4-14)21(13(2)23)10-19(24)20-15-5-8-17-18(9-15)26-11-25-17/h3-9H,10-11H2,1-2H3,(H,20,24). The summed E-state index contributed by atoms with van der Waals surface area (Å²) in [5.74, 6) is 0.493. The Kier molecular flexibility index (Phi) is 4.88. The first-order valence-corrected chi connectivity index (χ1v) is 8.02. The van der Waals surface area contributed by atoms with Crippen LogP contribution < -0.4 is 19.7 Å². The van der Waals surface area contributed by atoms with Gasteiger partial charge in [-0.25, -0.2) is 0 Å². The van der Waals surface area contributed by atoms with E-state index in [1.54, 1.807) is 42.5 Å². The molecule has 0 bridgehead atoms. The van der Waals surface area contributed by atoms with E-state index < -0.39 is 0 Å². The highest BCUT2D eigenvalue weighted by Crippen LogP contribution is 2.34. The third-order valence-electron chi connectivity index (χ3n) is 3.92. The van der Waals surface area contributed by atoms with Crippen LogP contribution in [0, 0.1) is 0 Å². The summed E-state index contributed by atoms with van der Waals surface area (Å²) in [5.41, 5.74) is 1.64. The Morgan fingerprint density at radius 1 is 1.00 bits per heavy atom. The normalized spacial score (nSPS) is 11.8. The number of ether oxygens (including phenoxy) is 2. The highest BCUT2D eigenvalue weighted by atomic mass is 16.7. The molecule has 1 N–H and O–H groups in total. The minimum atomic E-state index is -0.352. The second-order valence-electron chi connectivity index (χ2n) is 5.82. The van der Waals surface area contributed by atoms with Gasteiger partial charge in [0.2, 0.25) is 18.6 Å². The van der Waals surface area contributed by atoms with Gasteiger partial charge in [-0.05, 0) is 43.3 Å². The fraction of sp³-hybridized carbons (Fsp3) is 0.211. The van der Waals surface area contributed by atoms with Crippen molar-refractivity contribution in [2.45, 2.75) is 13.8 Å². The minimum absolute atomic E-state index is 0.0634. The summed E-state index contributed by atoms with van der Waals surface area (Å²) in [6.07, 6.45) is 0. The van der Waals surface area contributed by atoms with Crippen LogP contribution >= 0.6 is 0 Å². The lowest BCUT2D eigenvalue weighted by Crippen LogP contribution is -2.36. The zero-order valence-corrected chi connectivity index (χ0v) is 14.4. The number of hydrogen-bond acceptors (Lipinski definition) is 5. The molecule has 0 fully saturated rings. The molecule has 1 heterocycles. The Bertz CT molecular complexity index is 861. The molecule has 1 aliphatic heterocycles. The van der Waals surface area contributed by atoms with Gasteiger partial charge in [0.1, 0.15) is 6.54 Å². The van der Waals surface area contributed by atoms with Crippen molar-refractivity contribution in [2.24, 2.45) is 0 Å². The van der Waals surface area contributed by atoms with Crippen molar-refractivity contribution < 1.29 is 23.9 Å². The molecule has 0 unspecified atom stereocenters. The molecule has 0 saturated carbocycles. The molecule has 0 aliphatic carbocycles. The van der Waals surface area contributed by atoms with E-state index in [-0.39, 0.29) is 30.9 Å². The van der Waals surface area contributed by atoms with Crippen molar-refractivity contribution in [1.82, 2.24) is 0 Å². The van der Waals surface area contributed by atoms with Crippen molar-refractivity contribution >= 4 is 29.0 Å². The van der Waals surface area contributed by atoms with E-state index in [9.17, 15) is 14.4 Å². The van der Waals surface area contributed by atoms with Crippen LogP contribution in [0.4, 0.5) is 11.4 Å². The lowest BCUT2D eigenvalue weighted by molar-refractivity contribution is -0.120. The zero-order valence-electron chi connectivity index (χ0n) is 14.4. The van der Waals surface area contributed by atoms with Gasteiger partial charge in [0.15, 0.2) is 17.3 Å². The molecule has 26 heavy (non-hydrogen) atoms. The van der Waals surface area contributed by atoms with Crippen LogP contribution in [0.2, 0.25) is 0 Å². The van der Waals surface area contributed by atoms with Gasteiger partial charge < -0.3 is 19.7 Å². The summed E-state index contributed by atoms with van der Waals surface area (Å²) in [4.78, 5) is 37.0. The summed E-state index contributed by atoms with van der Waals surface area (Å²) in [6, 6.07) is 11.6. The number of nitrogens with zero attached hydrogens (tertiary/aromatic N) is 1. The zero-order chi connectivity index (χ0) is 18.7. The molecule has 0 saturated heterocycles. The number of hydrogen-bond donors (Lipinski definition) is 1. The molecule has 0 aromatic heterocycles. The van der Waals surface area contributed by atoms with Crippen molar-refractivity contribution in [2.75, 3.05) is 23.6 Å². The third-order valence-corrected chi connectivity index (χ3v) is 3.92. The first-order valence-electron chi connectivity index (χ1n) is 8.02. The molecule has 7 nitrogen and oxygen atoms in total. The van der Waals surface area contributed by atoms with Crippen LogP contribution in [-0.4, -0.2) is 30.9 Å². The molecule has 2 amide bonds. The van der Waals surface area contributed by atoms with E-state index in [0.717, 1.165) is 0 Å². The molecule has 0 radical (unpaired) electrons. The van der Waals surface area contributed by atoms with Gasteiger partial charge in [-0.2, -0.15) is 0 Å². The van der Waals surface area contributed by atoms with Crippen LogP contribution in [0.25, 0.3) is 0 Å². The second kappa shape index (κ2) is 7.26. The Hall–Kier alpha value is -3.35. The number of benzene rings is 2. The molecular weight excluding hydrogens is 336 g/mol. The van der Waals surface area contributed by atoms with E-state index in [4.69, 9.17) is 9.47 Å². The molecule has 2 aromatic carbocycles. The second-order valence-corrected chi connectivity index (χ2v) is 5.82. The molecule has 3 rings (SSSR count). The maximum atomic E-state index is 12.3. The Morgan fingerprint density at radius 2 is 1.69 bits per heavy atom. The largest absolute Gasteiger partial charge is 0.454 e. The average molecular weight is 354 g/mol. The number of amides is 2. The maximum absolute atomic E-state index is 12.3. The van der Waals surface area contributed by atoms with Crippen molar-refractivity contribution in [1.29, 1.82) is 0 Å². The highest BCUT2D eigenvalue weighted by molar-refractivity contribution is 6.02. The number of fused-ring (bicyclic) bond motifs is 1. The van der Waals surface area contributed by atoms with Crippen LogP contribution in [0.3, 0.4) is 0 Å². The van der Waals surface area contributed by atoms with E-state index >= 15 is 0 Å². The van der Waals surface area contributed by atoms with Gasteiger partial charge in [0.05, 0.1) is 0 Å². The van der Waals surface area contributed by atoms with E-state index in [0.29, 0.717) is 28.4 Å². The quantitative estimate of drug-likeness (QED) is 0.835. The van der Waals surface area contributed by atoms with E-state index in [1.165, 1.54) is 18.7 Å². The predicted octanol–water partition coefficient (Wildman–Crippen LogP) is 2.61. The van der Waals surface area contributed by atoms with Crippen molar-refractivity contribution in [3.63, 3.8) is 0 Å². The number of carbonyl (C=O) groups excluding carboxylic acids is 3. The molecule has 0 spiro atoms. The van der Waals surface area contributed by atoms with Gasteiger partial charge in [-0.15, -0.1) is 0 Å². The number of rotatable bonds is 5. The summed E-state index contributed by atoms with van der Waals surface area (Å²) in [6.45, 7) is 2.85. The van der Waals surface area contributed by atoms with Gasteiger partial charge >= 0.3 is 0 Å². The van der Waals surface area contributed by atoms with Gasteiger partial charge in [0, 0.05) is 29.9 Å². The highest BCUT2D eigenvalue weighted by Gasteiger charge is 2.18. The van der Waals surface area contributed by atoms with E-state index in [2.05, 4.69) is 5.32 Å². The fourth-order valence-electron chi connectivity index (χ4n) is 2.58. The lowest BCUT2D eigenvalue weighted by Gasteiger charge is -2.21. The maximum Gasteiger partial charge on any atom is 0.244 e. The predicted molar refractivity (Wildman–Crippen MR) is 95.7 cm³/mol. The van der Waals surface area contributed by atoms with Crippen LogP contribution in [0.1, 0.15) is 24.2 Å². The van der Waals surface area contributed by atoms with Crippen molar-refractivity contribution in [3.8, 4) is 11.5 Å². The monoisotopic (exact) mass is 354 g/mol. The summed E-state index contributed by atoms with van der Waals surface area (Å²) >= 11 is 0. The fourth-order valence-corrected chi connectivity index (χ4v) is 2.58. The summed E-state index contributed by atoms with van der Waals surface area (Å²) in [5, 5.41) is 2.73. The number of ketones is 1. The molecule has 1 aliphatic rings. The average Bonchev–Trinajstić information content (AvgIpc) is 3.07. The Morgan fingerprint density at radius 3 is 2.35 bits per heavy atom. The van der Waals surface area contributed by atoms with E-state index in [1.807, 2.05) is 0 Å². The molecular formula is C19H18N2O5. The lowest BCUT2D eigenvalue weighted by atomic mass is 10.1. The van der Waals surface area contributed by atoms with Gasteiger partial charge in [-0.3, -0.25) is 14.4 Å². The molecule has 134 valence electrons. The van der Waals surface area contributed by atoms with Crippen molar-refractivity contribution in [3.05, 3.63) is 48.0 Å². The third kappa shape index (κ3) is 3.83. The Balaban J connectivity index is 1.70. The molecule has 2 aromatic rings. The smallest absolute Gasteiger partial charge is 0.244 e. The Labute approximate surface area is 150 Å². The number of anilines is 2. The van der Waals surface area contributed by atoms with Crippen LogP contribution in [0.15, 0.2) is 42.5 Å². The molecule has 0 atom stereocenters. The van der Waals surface area contributed by atoms with Gasteiger partial charge in [-0.1, -0.05) is 0 Å². The topological polar surface area (TPSA) is 84.9 Å². The number of Topliss-reactive ketones (excluding diaryl/α,β-unsaturated/α-hetero) is 1. The summed E-state index contributed by atoms with van der Waals surface area (Å²) < 4.78 is 10.5. The minimum Gasteiger partial charge on any atom is -0.454 e. The summed E-state index contributed by atoms with van der Waals surface area (Å²) in [7, 11) is 0. The van der Waals surface area contributed by atoms with Gasteiger partial charge in [0.25, 0.3) is 0 Å².